The average Bonchev–Trinajstić information content (AvgIpc) is 2.43. The third-order valence-corrected chi connectivity index (χ3v) is 5.72. The molecule has 0 fully saturated rings. The van der Waals surface area contributed by atoms with Gasteiger partial charge in [0.05, 0.1) is 3.57 Å². The summed E-state index contributed by atoms with van der Waals surface area (Å²) in [5.41, 5.74) is 0.592. The van der Waals surface area contributed by atoms with Crippen LogP contribution >= 0.6 is 38.5 Å². The molecule has 0 bridgehead atoms. The zero-order valence-corrected chi connectivity index (χ0v) is 14.9. The fourth-order valence-corrected chi connectivity index (χ4v) is 3.09. The molecule has 106 valence electrons. The van der Waals surface area contributed by atoms with E-state index in [1.54, 1.807) is 12.1 Å². The second kappa shape index (κ2) is 7.47. The molecule has 0 spiro atoms. The molecular formula is C14H19BrINO2. The summed E-state index contributed by atoms with van der Waals surface area (Å²) in [6.07, 6.45) is 2.01. The van der Waals surface area contributed by atoms with Crippen molar-refractivity contribution in [1.82, 2.24) is 5.32 Å². The monoisotopic (exact) mass is 439 g/mol. The summed E-state index contributed by atoms with van der Waals surface area (Å²) in [5, 5.41) is 13.4. The summed E-state index contributed by atoms with van der Waals surface area (Å²) in [4.78, 5) is 12.1. The van der Waals surface area contributed by atoms with Crippen molar-refractivity contribution in [3.63, 3.8) is 0 Å². The molecule has 0 saturated carbocycles. The molecule has 0 radical (unpaired) electrons. The van der Waals surface area contributed by atoms with Gasteiger partial charge in [-0.2, -0.15) is 0 Å². The molecule has 1 aromatic carbocycles. The highest BCUT2D eigenvalue weighted by Crippen LogP contribution is 2.28. The number of carbonyl (C=O) groups is 1. The maximum absolute atomic E-state index is 12.1. The highest BCUT2D eigenvalue weighted by Gasteiger charge is 2.25. The first-order valence-electron chi connectivity index (χ1n) is 6.30. The molecule has 0 heterocycles. The normalized spacial score (nSPS) is 11.4. The number of alkyl halides is 1. The van der Waals surface area contributed by atoms with Crippen LogP contribution in [0.15, 0.2) is 18.2 Å². The molecule has 0 aliphatic rings. The van der Waals surface area contributed by atoms with Gasteiger partial charge in [-0.15, -0.1) is 0 Å². The van der Waals surface area contributed by atoms with E-state index in [1.165, 1.54) is 6.07 Å². The first-order valence-corrected chi connectivity index (χ1v) is 8.50. The van der Waals surface area contributed by atoms with Crippen molar-refractivity contribution >= 4 is 44.4 Å². The third-order valence-electron chi connectivity index (χ3n) is 3.62. The Morgan fingerprint density at radius 3 is 2.53 bits per heavy atom. The smallest absolute Gasteiger partial charge is 0.251 e. The van der Waals surface area contributed by atoms with E-state index in [4.69, 9.17) is 0 Å². The van der Waals surface area contributed by atoms with Crippen LogP contribution in [0, 0.1) is 8.99 Å². The highest BCUT2D eigenvalue weighted by atomic mass is 127. The topological polar surface area (TPSA) is 49.3 Å². The number of amides is 1. The van der Waals surface area contributed by atoms with Crippen LogP contribution in [0.4, 0.5) is 0 Å². The van der Waals surface area contributed by atoms with Crippen LogP contribution in [0.25, 0.3) is 0 Å². The summed E-state index contributed by atoms with van der Waals surface area (Å²) in [6, 6.07) is 4.97. The molecular weight excluding hydrogens is 421 g/mol. The van der Waals surface area contributed by atoms with Crippen molar-refractivity contribution in [2.75, 3.05) is 11.9 Å². The number of phenolic OH excluding ortho intramolecular Hbond substituents is 1. The molecule has 1 amide bonds. The SMILES string of the molecule is CCC(CC)(CBr)CNC(=O)c1ccc(I)c(O)c1. The van der Waals surface area contributed by atoms with Gasteiger partial charge in [-0.25, -0.2) is 0 Å². The van der Waals surface area contributed by atoms with Crippen LogP contribution in [-0.2, 0) is 0 Å². The van der Waals surface area contributed by atoms with Crippen LogP contribution in [-0.4, -0.2) is 22.9 Å². The largest absolute Gasteiger partial charge is 0.507 e. The van der Waals surface area contributed by atoms with E-state index in [1.807, 2.05) is 22.6 Å². The Kier molecular flexibility index (Phi) is 6.59. The molecule has 5 heteroatoms. The van der Waals surface area contributed by atoms with Gasteiger partial charge in [0, 0.05) is 17.4 Å². The van der Waals surface area contributed by atoms with Gasteiger partial charge in [0.2, 0.25) is 0 Å². The van der Waals surface area contributed by atoms with Gasteiger partial charge in [0.1, 0.15) is 5.75 Å². The van der Waals surface area contributed by atoms with Crippen molar-refractivity contribution in [2.24, 2.45) is 5.41 Å². The number of carbonyl (C=O) groups excluding carboxylic acids is 1. The summed E-state index contributed by atoms with van der Waals surface area (Å²) in [5.74, 6) is 0.00455. The number of halogens is 2. The van der Waals surface area contributed by atoms with Crippen LogP contribution in [0.1, 0.15) is 37.0 Å². The number of hydrogen-bond acceptors (Lipinski definition) is 2. The van der Waals surface area contributed by atoms with E-state index < -0.39 is 0 Å². The number of benzene rings is 1. The predicted molar refractivity (Wildman–Crippen MR) is 90.0 cm³/mol. The lowest BCUT2D eigenvalue weighted by Crippen LogP contribution is -2.38. The molecule has 1 aromatic rings. The van der Waals surface area contributed by atoms with Gasteiger partial charge in [-0.3, -0.25) is 4.79 Å². The predicted octanol–water partition coefficient (Wildman–Crippen LogP) is 3.93. The van der Waals surface area contributed by atoms with E-state index in [2.05, 4.69) is 35.1 Å². The second-order valence-corrected chi connectivity index (χ2v) is 6.41. The van der Waals surface area contributed by atoms with Crippen molar-refractivity contribution in [2.45, 2.75) is 26.7 Å². The van der Waals surface area contributed by atoms with E-state index in [-0.39, 0.29) is 17.1 Å². The van der Waals surface area contributed by atoms with Gasteiger partial charge in [-0.1, -0.05) is 29.8 Å². The van der Waals surface area contributed by atoms with E-state index >= 15 is 0 Å². The van der Waals surface area contributed by atoms with Crippen LogP contribution in [0.2, 0.25) is 0 Å². The molecule has 0 saturated heterocycles. The molecule has 0 atom stereocenters. The van der Waals surface area contributed by atoms with Crippen molar-refractivity contribution in [1.29, 1.82) is 0 Å². The molecule has 19 heavy (non-hydrogen) atoms. The van der Waals surface area contributed by atoms with Crippen molar-refractivity contribution < 1.29 is 9.90 Å². The van der Waals surface area contributed by atoms with Gasteiger partial charge < -0.3 is 10.4 Å². The van der Waals surface area contributed by atoms with Gasteiger partial charge >= 0.3 is 0 Å². The maximum atomic E-state index is 12.1. The Morgan fingerprint density at radius 1 is 1.42 bits per heavy atom. The van der Waals surface area contributed by atoms with Crippen molar-refractivity contribution in [3.05, 3.63) is 27.3 Å². The minimum atomic E-state index is -0.140. The molecule has 1 rings (SSSR count). The Labute approximate surface area is 136 Å². The number of hydrogen-bond donors (Lipinski definition) is 2. The number of phenols is 1. The Balaban J connectivity index is 2.72. The van der Waals surface area contributed by atoms with Crippen molar-refractivity contribution in [3.8, 4) is 5.75 Å². The Bertz CT molecular complexity index is 439. The molecule has 2 N–H and O–H groups in total. The molecule has 0 unspecified atom stereocenters. The van der Waals surface area contributed by atoms with E-state index in [0.717, 1.165) is 21.7 Å². The number of nitrogens with one attached hydrogen (secondary N) is 1. The van der Waals surface area contributed by atoms with Gasteiger partial charge in [-0.05, 0) is 59.0 Å². The summed E-state index contributed by atoms with van der Waals surface area (Å²) in [6.45, 7) is 4.90. The Morgan fingerprint density at radius 2 is 2.05 bits per heavy atom. The average molecular weight is 440 g/mol. The first kappa shape index (κ1) is 16.8. The van der Waals surface area contributed by atoms with E-state index in [0.29, 0.717) is 12.1 Å². The maximum Gasteiger partial charge on any atom is 0.251 e. The zero-order chi connectivity index (χ0) is 14.5. The lowest BCUT2D eigenvalue weighted by Gasteiger charge is -2.29. The van der Waals surface area contributed by atoms with Crippen LogP contribution in [0.5, 0.6) is 5.75 Å². The minimum absolute atomic E-state index is 0.0981. The van der Waals surface area contributed by atoms with Gasteiger partial charge in [0.15, 0.2) is 0 Å². The second-order valence-electron chi connectivity index (χ2n) is 4.69. The summed E-state index contributed by atoms with van der Waals surface area (Å²) in [7, 11) is 0. The van der Waals surface area contributed by atoms with Crippen LogP contribution < -0.4 is 5.32 Å². The molecule has 0 aromatic heterocycles. The number of rotatable bonds is 6. The summed E-state index contributed by atoms with van der Waals surface area (Å²) < 4.78 is 0.742. The van der Waals surface area contributed by atoms with Gasteiger partial charge in [0.25, 0.3) is 5.91 Å². The molecule has 0 aliphatic carbocycles. The fraction of sp³-hybridized carbons (Fsp3) is 0.500. The zero-order valence-electron chi connectivity index (χ0n) is 11.2. The summed E-state index contributed by atoms with van der Waals surface area (Å²) >= 11 is 5.56. The highest BCUT2D eigenvalue weighted by molar-refractivity contribution is 14.1. The molecule has 0 aliphatic heterocycles. The number of aromatic hydroxyl groups is 1. The fourth-order valence-electron chi connectivity index (χ4n) is 1.76. The minimum Gasteiger partial charge on any atom is -0.507 e. The van der Waals surface area contributed by atoms with Crippen LogP contribution in [0.3, 0.4) is 0 Å². The quantitative estimate of drug-likeness (QED) is 0.521. The molecule has 3 nitrogen and oxygen atoms in total. The Hall–Kier alpha value is -0.300. The van der Waals surface area contributed by atoms with E-state index in [9.17, 15) is 9.90 Å². The lowest BCUT2D eigenvalue weighted by molar-refractivity contribution is 0.0932. The third kappa shape index (κ3) is 4.34. The standard InChI is InChI=1S/C14H19BrINO2/c1-3-14(4-2,8-15)9-17-13(19)10-5-6-11(16)12(18)7-10/h5-7,18H,3-4,8-9H2,1-2H3,(H,17,19). The first-order chi connectivity index (χ1) is 8.98. The lowest BCUT2D eigenvalue weighted by atomic mass is 9.84.